The molecule has 0 amide bonds. The van der Waals surface area contributed by atoms with Crippen LogP contribution in [0.5, 0.6) is 0 Å². The summed E-state index contributed by atoms with van der Waals surface area (Å²) in [6.45, 7) is 9.06. The molecule has 1 aliphatic heterocycles. The average Bonchev–Trinajstić information content (AvgIpc) is 2.98. The van der Waals surface area contributed by atoms with Crippen molar-refractivity contribution in [2.45, 2.75) is 40.3 Å². The number of rotatable bonds is 5. The summed E-state index contributed by atoms with van der Waals surface area (Å²) in [5.41, 5.74) is 3.46. The second-order valence-electron chi connectivity index (χ2n) is 7.01. The number of esters is 1. The molecular formula is C19H27N4O2S+. The number of nitrogens with one attached hydrogen (secondary N) is 1. The number of quaternary nitrogens is 1. The summed E-state index contributed by atoms with van der Waals surface area (Å²) in [5, 5.41) is 4.50. The number of aryl methyl sites for hydroxylation is 2. The van der Waals surface area contributed by atoms with Crippen LogP contribution in [0, 0.1) is 24.5 Å². The molecule has 2 heterocycles. The molecule has 1 N–H and O–H groups in total. The van der Waals surface area contributed by atoms with Crippen LogP contribution in [0.4, 0.5) is 0 Å². The second-order valence-corrected chi connectivity index (χ2v) is 7.37. The first-order valence-electron chi connectivity index (χ1n) is 9.22. The van der Waals surface area contributed by atoms with E-state index in [1.165, 1.54) is 16.0 Å². The Bertz CT molecular complexity index is 834. The maximum atomic E-state index is 11.9. The molecule has 2 aromatic rings. The van der Waals surface area contributed by atoms with E-state index in [1.54, 1.807) is 6.33 Å². The van der Waals surface area contributed by atoms with E-state index in [-0.39, 0.29) is 11.9 Å². The number of nitrogens with zero attached hydrogens (tertiary/aromatic N) is 3. The van der Waals surface area contributed by atoms with Crippen molar-refractivity contribution in [3.05, 3.63) is 40.4 Å². The molecule has 0 atom stereocenters. The molecule has 1 aromatic carbocycles. The molecule has 0 saturated carbocycles. The van der Waals surface area contributed by atoms with Crippen LogP contribution in [0.3, 0.4) is 0 Å². The van der Waals surface area contributed by atoms with Gasteiger partial charge in [-0.05, 0) is 50.2 Å². The summed E-state index contributed by atoms with van der Waals surface area (Å²) in [5.74, 6) is -0.0125. The van der Waals surface area contributed by atoms with Gasteiger partial charge in [-0.25, -0.2) is 0 Å². The van der Waals surface area contributed by atoms with Gasteiger partial charge in [0.05, 0.1) is 31.3 Å². The van der Waals surface area contributed by atoms with E-state index < -0.39 is 0 Å². The smallest absolute Gasteiger partial charge is 0.309 e. The zero-order valence-electron chi connectivity index (χ0n) is 15.7. The quantitative estimate of drug-likeness (QED) is 0.640. The lowest BCUT2D eigenvalue weighted by atomic mass is 9.97. The van der Waals surface area contributed by atoms with E-state index in [0.717, 1.165) is 38.3 Å². The summed E-state index contributed by atoms with van der Waals surface area (Å²) in [7, 11) is 0. The van der Waals surface area contributed by atoms with Crippen molar-refractivity contribution in [1.29, 1.82) is 0 Å². The second kappa shape index (κ2) is 8.14. The fourth-order valence-electron chi connectivity index (χ4n) is 3.48. The number of piperidine rings is 1. The number of carbonyl (C=O) groups excluding carboxylic acids is 1. The van der Waals surface area contributed by atoms with E-state index in [4.69, 9.17) is 17.0 Å². The molecule has 1 aromatic heterocycles. The molecule has 26 heavy (non-hydrogen) atoms. The first-order chi connectivity index (χ1) is 12.5. The van der Waals surface area contributed by atoms with E-state index in [2.05, 4.69) is 37.1 Å². The summed E-state index contributed by atoms with van der Waals surface area (Å²) < 4.78 is 9.71. The normalized spacial score (nSPS) is 20.1. The van der Waals surface area contributed by atoms with Gasteiger partial charge in [0.2, 0.25) is 4.77 Å². The van der Waals surface area contributed by atoms with Gasteiger partial charge < -0.3 is 9.64 Å². The van der Waals surface area contributed by atoms with Crippen LogP contribution in [0.25, 0.3) is 5.69 Å². The number of hydrogen-bond acceptors (Lipinski definition) is 4. The van der Waals surface area contributed by atoms with Gasteiger partial charge in [-0.3, -0.25) is 9.36 Å². The highest BCUT2D eigenvalue weighted by atomic mass is 32.1. The lowest BCUT2D eigenvalue weighted by Gasteiger charge is -2.27. The molecule has 0 radical (unpaired) electrons. The van der Waals surface area contributed by atoms with E-state index in [9.17, 15) is 4.79 Å². The van der Waals surface area contributed by atoms with Crippen molar-refractivity contribution in [2.75, 3.05) is 19.7 Å². The lowest BCUT2D eigenvalue weighted by molar-refractivity contribution is -0.929. The Labute approximate surface area is 159 Å². The number of benzene rings is 1. The van der Waals surface area contributed by atoms with Crippen molar-refractivity contribution >= 4 is 18.2 Å². The first-order valence-corrected chi connectivity index (χ1v) is 9.62. The lowest BCUT2D eigenvalue weighted by Crippen LogP contribution is -3.12. The Hall–Kier alpha value is -1.99. The minimum Gasteiger partial charge on any atom is -0.466 e. The molecular weight excluding hydrogens is 348 g/mol. The summed E-state index contributed by atoms with van der Waals surface area (Å²) >= 11 is 5.65. The average molecular weight is 376 g/mol. The van der Waals surface area contributed by atoms with Crippen molar-refractivity contribution in [3.8, 4) is 5.69 Å². The summed E-state index contributed by atoms with van der Waals surface area (Å²) in [6, 6.07) is 6.34. The van der Waals surface area contributed by atoms with Gasteiger partial charge in [-0.2, -0.15) is 9.78 Å². The van der Waals surface area contributed by atoms with Gasteiger partial charge in [-0.1, -0.05) is 12.1 Å². The SMILES string of the molecule is CCOC(=O)C1CC[NH+](Cn2ncn(-c3cc(C)ccc3C)c2=S)CC1. The third-order valence-electron chi connectivity index (χ3n) is 5.04. The topological polar surface area (TPSA) is 53.5 Å². The molecule has 1 aliphatic rings. The van der Waals surface area contributed by atoms with Gasteiger partial charge in [0.1, 0.15) is 6.33 Å². The number of aromatic nitrogens is 3. The van der Waals surface area contributed by atoms with E-state index in [0.29, 0.717) is 11.4 Å². The van der Waals surface area contributed by atoms with Crippen LogP contribution >= 0.6 is 12.2 Å². The number of carbonyl (C=O) groups is 1. The molecule has 1 fully saturated rings. The van der Waals surface area contributed by atoms with Gasteiger partial charge in [0.25, 0.3) is 0 Å². The molecule has 6 nitrogen and oxygen atoms in total. The van der Waals surface area contributed by atoms with Crippen LogP contribution in [0.1, 0.15) is 30.9 Å². The minimum atomic E-state index is -0.0534. The van der Waals surface area contributed by atoms with Gasteiger partial charge in [-0.15, -0.1) is 0 Å². The third-order valence-corrected chi connectivity index (χ3v) is 5.45. The number of likely N-dealkylation sites (tertiary alicyclic amines) is 1. The third kappa shape index (κ3) is 4.04. The zero-order valence-corrected chi connectivity index (χ0v) is 16.5. The van der Waals surface area contributed by atoms with Crippen LogP contribution in [0.2, 0.25) is 0 Å². The Kier molecular flexibility index (Phi) is 5.88. The maximum absolute atomic E-state index is 11.9. The highest BCUT2D eigenvalue weighted by Gasteiger charge is 2.28. The largest absolute Gasteiger partial charge is 0.466 e. The Balaban J connectivity index is 1.67. The molecule has 140 valence electrons. The van der Waals surface area contributed by atoms with Crippen LogP contribution in [-0.4, -0.2) is 40.0 Å². The van der Waals surface area contributed by atoms with Gasteiger partial charge in [0.15, 0.2) is 6.67 Å². The predicted molar refractivity (Wildman–Crippen MR) is 102 cm³/mol. The van der Waals surface area contributed by atoms with E-state index in [1.807, 2.05) is 16.2 Å². The standard InChI is InChI=1S/C19H26N4O2S/c1-4-25-18(24)16-7-9-21(10-8-16)13-23-19(26)22(12-20-23)17-11-14(2)5-6-15(17)3/h5-6,11-12,16H,4,7-10,13H2,1-3H3/p+1. The molecule has 0 unspecified atom stereocenters. The number of hydrogen-bond donors (Lipinski definition) is 1. The molecule has 0 aliphatic carbocycles. The highest BCUT2D eigenvalue weighted by Crippen LogP contribution is 2.16. The fraction of sp³-hybridized carbons (Fsp3) is 0.526. The maximum Gasteiger partial charge on any atom is 0.309 e. The molecule has 3 rings (SSSR count). The minimum absolute atomic E-state index is 0.0409. The Morgan fingerprint density at radius 1 is 1.35 bits per heavy atom. The Morgan fingerprint density at radius 2 is 2.08 bits per heavy atom. The monoisotopic (exact) mass is 375 g/mol. The zero-order chi connectivity index (χ0) is 18.7. The van der Waals surface area contributed by atoms with Gasteiger partial charge >= 0.3 is 5.97 Å². The van der Waals surface area contributed by atoms with Crippen molar-refractivity contribution in [1.82, 2.24) is 14.3 Å². The predicted octanol–water partition coefficient (Wildman–Crippen LogP) is 1.84. The molecule has 0 spiro atoms. The first kappa shape index (κ1) is 18.8. The Morgan fingerprint density at radius 3 is 2.77 bits per heavy atom. The molecule has 1 saturated heterocycles. The van der Waals surface area contributed by atoms with Crippen molar-refractivity contribution in [3.63, 3.8) is 0 Å². The van der Waals surface area contributed by atoms with Crippen LogP contribution in [-0.2, 0) is 16.2 Å². The van der Waals surface area contributed by atoms with Crippen LogP contribution < -0.4 is 4.90 Å². The summed E-state index contributed by atoms with van der Waals surface area (Å²) in [4.78, 5) is 13.3. The number of ether oxygens (including phenoxy) is 1. The molecule has 7 heteroatoms. The highest BCUT2D eigenvalue weighted by molar-refractivity contribution is 7.71. The molecule has 0 bridgehead atoms. The van der Waals surface area contributed by atoms with Gasteiger partial charge in [0, 0.05) is 12.8 Å². The van der Waals surface area contributed by atoms with Crippen molar-refractivity contribution < 1.29 is 14.4 Å². The van der Waals surface area contributed by atoms with E-state index >= 15 is 0 Å². The van der Waals surface area contributed by atoms with Crippen molar-refractivity contribution in [2.24, 2.45) is 5.92 Å². The summed E-state index contributed by atoms with van der Waals surface area (Å²) in [6.07, 6.45) is 3.52. The van der Waals surface area contributed by atoms with Crippen LogP contribution in [0.15, 0.2) is 24.5 Å². The fourth-order valence-corrected chi connectivity index (χ4v) is 3.74.